The van der Waals surface area contributed by atoms with Crippen molar-refractivity contribution in [3.8, 4) is 0 Å². The molecule has 3 amide bonds. The lowest BCUT2D eigenvalue weighted by Gasteiger charge is -2.24. The SMILES string of the molecule is C=CN(C(=O)/C=C\C)C(C)C(=O)Nc1cc(C(=O)NC)cnc1Nc1ccccc1C. The molecule has 3 N–H and O–H groups in total. The van der Waals surface area contributed by atoms with Gasteiger partial charge < -0.3 is 20.9 Å². The Kier molecular flexibility index (Phi) is 8.08. The van der Waals surface area contributed by atoms with Crippen molar-refractivity contribution in [3.05, 3.63) is 72.6 Å². The summed E-state index contributed by atoms with van der Waals surface area (Å²) in [7, 11) is 1.51. The monoisotopic (exact) mass is 421 g/mol. The maximum atomic E-state index is 12.9. The minimum Gasteiger partial charge on any atom is -0.355 e. The van der Waals surface area contributed by atoms with Gasteiger partial charge in [-0.15, -0.1) is 0 Å². The molecule has 0 fully saturated rings. The first-order valence-corrected chi connectivity index (χ1v) is 9.75. The van der Waals surface area contributed by atoms with Gasteiger partial charge in [-0.2, -0.15) is 0 Å². The molecule has 2 aromatic rings. The molecule has 1 aromatic heterocycles. The number of allylic oxidation sites excluding steroid dienone is 1. The summed E-state index contributed by atoms with van der Waals surface area (Å²) >= 11 is 0. The first-order chi connectivity index (χ1) is 14.8. The number of nitrogens with zero attached hydrogens (tertiary/aromatic N) is 2. The minimum atomic E-state index is -0.837. The Labute approximate surface area is 182 Å². The predicted octanol–water partition coefficient (Wildman–Crippen LogP) is 3.37. The molecule has 0 saturated heterocycles. The molecule has 8 heteroatoms. The number of hydrogen-bond donors (Lipinski definition) is 3. The van der Waals surface area contributed by atoms with Crippen LogP contribution in [-0.2, 0) is 9.59 Å². The highest BCUT2D eigenvalue weighted by Crippen LogP contribution is 2.26. The van der Waals surface area contributed by atoms with Crippen molar-refractivity contribution in [2.45, 2.75) is 26.8 Å². The summed E-state index contributed by atoms with van der Waals surface area (Å²) in [4.78, 5) is 42.7. The Morgan fingerprint density at radius 1 is 1.19 bits per heavy atom. The van der Waals surface area contributed by atoms with Crippen LogP contribution in [0.3, 0.4) is 0 Å². The summed E-state index contributed by atoms with van der Waals surface area (Å²) in [6.07, 6.45) is 5.66. The van der Waals surface area contributed by atoms with E-state index in [1.54, 1.807) is 19.9 Å². The number of benzene rings is 1. The lowest BCUT2D eigenvalue weighted by molar-refractivity contribution is -0.131. The maximum Gasteiger partial charge on any atom is 0.252 e. The van der Waals surface area contributed by atoms with Crippen LogP contribution >= 0.6 is 0 Å². The number of nitrogens with one attached hydrogen (secondary N) is 3. The van der Waals surface area contributed by atoms with E-state index in [0.717, 1.165) is 11.3 Å². The van der Waals surface area contributed by atoms with Crippen LogP contribution in [0.15, 0.2) is 61.5 Å². The molecule has 162 valence electrons. The Morgan fingerprint density at radius 3 is 2.52 bits per heavy atom. The van der Waals surface area contributed by atoms with E-state index in [1.807, 2.05) is 31.2 Å². The first-order valence-electron chi connectivity index (χ1n) is 9.75. The Balaban J connectivity index is 2.38. The molecule has 1 unspecified atom stereocenters. The fraction of sp³-hybridized carbons (Fsp3) is 0.217. The molecule has 2 rings (SSSR count). The number of hydrogen-bond acceptors (Lipinski definition) is 5. The number of para-hydroxylation sites is 1. The van der Waals surface area contributed by atoms with Gasteiger partial charge >= 0.3 is 0 Å². The highest BCUT2D eigenvalue weighted by Gasteiger charge is 2.24. The van der Waals surface area contributed by atoms with Crippen molar-refractivity contribution in [1.82, 2.24) is 15.2 Å². The number of anilines is 3. The van der Waals surface area contributed by atoms with Gasteiger partial charge in [-0.3, -0.25) is 14.4 Å². The van der Waals surface area contributed by atoms with Crippen molar-refractivity contribution in [3.63, 3.8) is 0 Å². The zero-order chi connectivity index (χ0) is 23.0. The van der Waals surface area contributed by atoms with E-state index < -0.39 is 11.9 Å². The third-order valence-corrected chi connectivity index (χ3v) is 4.59. The molecule has 0 aliphatic heterocycles. The number of amides is 3. The molecule has 0 aliphatic rings. The molecule has 8 nitrogen and oxygen atoms in total. The fourth-order valence-corrected chi connectivity index (χ4v) is 2.80. The molecule has 0 saturated carbocycles. The number of carbonyl (C=O) groups is 3. The second kappa shape index (κ2) is 10.7. The smallest absolute Gasteiger partial charge is 0.252 e. The van der Waals surface area contributed by atoms with Gasteiger partial charge in [0.15, 0.2) is 5.82 Å². The summed E-state index contributed by atoms with van der Waals surface area (Å²) in [6, 6.07) is 8.31. The van der Waals surface area contributed by atoms with E-state index in [1.165, 1.54) is 36.5 Å². The van der Waals surface area contributed by atoms with Crippen molar-refractivity contribution < 1.29 is 14.4 Å². The number of rotatable bonds is 8. The van der Waals surface area contributed by atoms with Gasteiger partial charge in [0.05, 0.1) is 11.3 Å². The fourth-order valence-electron chi connectivity index (χ4n) is 2.80. The average molecular weight is 422 g/mol. The third kappa shape index (κ3) is 5.79. The molecule has 0 aliphatic carbocycles. The highest BCUT2D eigenvalue weighted by molar-refractivity contribution is 6.02. The van der Waals surface area contributed by atoms with Gasteiger partial charge in [0, 0.05) is 25.1 Å². The number of pyridine rings is 1. The summed E-state index contributed by atoms with van der Waals surface area (Å²) < 4.78 is 0. The molecule has 0 radical (unpaired) electrons. The van der Waals surface area contributed by atoms with Crippen molar-refractivity contribution in [2.24, 2.45) is 0 Å². The molecule has 31 heavy (non-hydrogen) atoms. The van der Waals surface area contributed by atoms with Gasteiger partial charge in [0.1, 0.15) is 6.04 Å². The van der Waals surface area contributed by atoms with E-state index in [4.69, 9.17) is 0 Å². The predicted molar refractivity (Wildman–Crippen MR) is 122 cm³/mol. The first kappa shape index (κ1) is 23.3. The Morgan fingerprint density at radius 2 is 1.90 bits per heavy atom. The zero-order valence-corrected chi connectivity index (χ0v) is 18.1. The molecular weight excluding hydrogens is 394 g/mol. The second-order valence-corrected chi connectivity index (χ2v) is 6.73. The van der Waals surface area contributed by atoms with Gasteiger partial charge in [-0.05, 0) is 44.5 Å². The molecule has 0 spiro atoms. The number of aryl methyl sites for hydroxylation is 1. The molecule has 0 bridgehead atoms. The standard InChI is InChI=1S/C23H27N5O3/c1-6-10-20(29)28(7-2)16(4)22(30)27-19-13-17(23(31)24-5)14-25-21(19)26-18-12-9-8-11-15(18)3/h6-14,16H,2H2,1,3-5H3,(H,24,31)(H,25,26)(H,27,30)/b10-6-. The van der Waals surface area contributed by atoms with Crippen LogP contribution in [0.1, 0.15) is 29.8 Å². The summed E-state index contributed by atoms with van der Waals surface area (Å²) in [6.45, 7) is 8.86. The second-order valence-electron chi connectivity index (χ2n) is 6.73. The number of aromatic nitrogens is 1. The molecular formula is C23H27N5O3. The van der Waals surface area contributed by atoms with E-state index in [2.05, 4.69) is 27.5 Å². The van der Waals surface area contributed by atoms with Gasteiger partial charge in [0.25, 0.3) is 11.8 Å². The van der Waals surface area contributed by atoms with Crippen LogP contribution < -0.4 is 16.0 Å². The molecule has 1 atom stereocenters. The average Bonchev–Trinajstić information content (AvgIpc) is 2.76. The van der Waals surface area contributed by atoms with Crippen molar-refractivity contribution >= 4 is 34.9 Å². The van der Waals surface area contributed by atoms with E-state index in [9.17, 15) is 14.4 Å². The van der Waals surface area contributed by atoms with E-state index in [0.29, 0.717) is 11.5 Å². The van der Waals surface area contributed by atoms with Crippen LogP contribution in [-0.4, -0.2) is 40.7 Å². The lowest BCUT2D eigenvalue weighted by atomic mass is 10.2. The largest absolute Gasteiger partial charge is 0.355 e. The van der Waals surface area contributed by atoms with Crippen molar-refractivity contribution in [2.75, 3.05) is 17.7 Å². The topological polar surface area (TPSA) is 103 Å². The zero-order valence-electron chi connectivity index (χ0n) is 18.1. The van der Waals surface area contributed by atoms with Gasteiger partial charge in [-0.25, -0.2) is 4.98 Å². The molecule has 1 heterocycles. The number of carbonyl (C=O) groups excluding carboxylic acids is 3. The van der Waals surface area contributed by atoms with Crippen LogP contribution in [0.4, 0.5) is 17.2 Å². The quantitative estimate of drug-likeness (QED) is 0.567. The summed E-state index contributed by atoms with van der Waals surface area (Å²) in [5.41, 5.74) is 2.39. The van der Waals surface area contributed by atoms with E-state index in [-0.39, 0.29) is 17.4 Å². The highest BCUT2D eigenvalue weighted by atomic mass is 16.2. The van der Waals surface area contributed by atoms with Gasteiger partial charge in [-0.1, -0.05) is 30.9 Å². The van der Waals surface area contributed by atoms with Crippen molar-refractivity contribution in [1.29, 1.82) is 0 Å². The summed E-state index contributed by atoms with van der Waals surface area (Å²) in [5, 5.41) is 8.49. The van der Waals surface area contributed by atoms with Gasteiger partial charge in [0.2, 0.25) is 5.91 Å². The van der Waals surface area contributed by atoms with Crippen LogP contribution in [0, 0.1) is 6.92 Å². The maximum absolute atomic E-state index is 12.9. The van der Waals surface area contributed by atoms with Crippen LogP contribution in [0.2, 0.25) is 0 Å². The minimum absolute atomic E-state index is 0.284. The van der Waals surface area contributed by atoms with E-state index >= 15 is 0 Å². The Hall–Kier alpha value is -3.94. The molecule has 1 aromatic carbocycles. The summed E-state index contributed by atoms with van der Waals surface area (Å²) in [5.74, 6) is -0.793. The van der Waals surface area contributed by atoms with Crippen LogP contribution in [0.25, 0.3) is 0 Å². The van der Waals surface area contributed by atoms with Crippen LogP contribution in [0.5, 0.6) is 0 Å². The normalized spacial score (nSPS) is 11.5. The Bertz CT molecular complexity index is 1020. The lowest BCUT2D eigenvalue weighted by Crippen LogP contribution is -2.41. The third-order valence-electron chi connectivity index (χ3n) is 4.59.